The van der Waals surface area contributed by atoms with Crippen molar-refractivity contribution in [1.82, 2.24) is 4.90 Å². The second-order valence-electron chi connectivity index (χ2n) is 6.40. The highest BCUT2D eigenvalue weighted by atomic mass is 16.2. The van der Waals surface area contributed by atoms with E-state index >= 15 is 0 Å². The summed E-state index contributed by atoms with van der Waals surface area (Å²) in [5, 5.41) is 9.45. The number of nitriles is 1. The lowest BCUT2D eigenvalue weighted by Gasteiger charge is -2.28. The maximum Gasteiger partial charge on any atom is 0.264 e. The van der Waals surface area contributed by atoms with Gasteiger partial charge in [0.05, 0.1) is 0 Å². The molecular weight excluding hydrogens is 310 g/mol. The largest absolute Gasteiger partial charge is 0.378 e. The summed E-state index contributed by atoms with van der Waals surface area (Å²) in [6.45, 7) is 1.21. The molecule has 4 heteroatoms. The van der Waals surface area contributed by atoms with E-state index in [-0.39, 0.29) is 11.5 Å². The number of hydrogen-bond donors (Lipinski definition) is 0. The first kappa shape index (κ1) is 16.8. The Labute approximate surface area is 148 Å². The van der Waals surface area contributed by atoms with Crippen LogP contribution in [0.15, 0.2) is 54.1 Å². The van der Waals surface area contributed by atoms with E-state index in [4.69, 9.17) is 0 Å². The molecule has 0 spiro atoms. The van der Waals surface area contributed by atoms with E-state index in [0.717, 1.165) is 23.2 Å². The molecule has 0 atom stereocenters. The molecule has 0 saturated carbocycles. The second-order valence-corrected chi connectivity index (χ2v) is 6.40. The summed E-state index contributed by atoms with van der Waals surface area (Å²) in [6, 6.07) is 18.0. The minimum Gasteiger partial charge on any atom is -0.378 e. The first-order chi connectivity index (χ1) is 12.1. The van der Waals surface area contributed by atoms with Crippen molar-refractivity contribution in [2.75, 3.05) is 25.5 Å². The summed E-state index contributed by atoms with van der Waals surface area (Å²) in [6.07, 6.45) is 2.50. The second kappa shape index (κ2) is 7.23. The number of benzene rings is 2. The van der Waals surface area contributed by atoms with Crippen LogP contribution in [0.4, 0.5) is 5.69 Å². The highest BCUT2D eigenvalue weighted by Crippen LogP contribution is 2.21. The number of rotatable bonds is 3. The Morgan fingerprint density at radius 1 is 1.12 bits per heavy atom. The van der Waals surface area contributed by atoms with Crippen LogP contribution >= 0.6 is 0 Å². The maximum absolute atomic E-state index is 12.7. The zero-order chi connectivity index (χ0) is 17.8. The van der Waals surface area contributed by atoms with E-state index in [1.807, 2.05) is 61.5 Å². The molecule has 4 nitrogen and oxygen atoms in total. The molecule has 25 heavy (non-hydrogen) atoms. The minimum absolute atomic E-state index is 0.178. The maximum atomic E-state index is 12.7. The lowest BCUT2D eigenvalue weighted by molar-refractivity contribution is -0.127. The summed E-state index contributed by atoms with van der Waals surface area (Å²) in [5.74, 6) is -0.200. The normalized spacial score (nSPS) is 13.8. The Hall–Kier alpha value is -3.06. The highest BCUT2D eigenvalue weighted by molar-refractivity contribution is 6.01. The Morgan fingerprint density at radius 2 is 1.80 bits per heavy atom. The fourth-order valence-corrected chi connectivity index (χ4v) is 3.02. The predicted molar refractivity (Wildman–Crippen MR) is 99.9 cm³/mol. The number of carbonyl (C=O) groups is 1. The van der Waals surface area contributed by atoms with Crippen LogP contribution in [-0.4, -0.2) is 31.4 Å². The van der Waals surface area contributed by atoms with E-state index < -0.39 is 0 Å². The smallest absolute Gasteiger partial charge is 0.264 e. The van der Waals surface area contributed by atoms with Crippen molar-refractivity contribution < 1.29 is 4.79 Å². The van der Waals surface area contributed by atoms with E-state index in [1.54, 1.807) is 11.0 Å². The molecule has 3 rings (SSSR count). The Kier molecular flexibility index (Phi) is 4.85. The number of hydrogen-bond acceptors (Lipinski definition) is 3. The summed E-state index contributed by atoms with van der Waals surface area (Å²) >= 11 is 0. The molecule has 1 aliphatic heterocycles. The van der Waals surface area contributed by atoms with Gasteiger partial charge < -0.3 is 9.80 Å². The molecule has 1 aliphatic rings. The van der Waals surface area contributed by atoms with Crippen molar-refractivity contribution in [3.05, 3.63) is 70.8 Å². The molecule has 1 heterocycles. The molecular formula is C21H21N3O. The van der Waals surface area contributed by atoms with E-state index in [2.05, 4.69) is 12.1 Å². The van der Waals surface area contributed by atoms with Crippen molar-refractivity contribution in [1.29, 1.82) is 5.26 Å². The Morgan fingerprint density at radius 3 is 2.44 bits per heavy atom. The van der Waals surface area contributed by atoms with Crippen molar-refractivity contribution in [3.63, 3.8) is 0 Å². The first-order valence-electron chi connectivity index (χ1n) is 8.34. The van der Waals surface area contributed by atoms with Gasteiger partial charge in [-0.25, -0.2) is 0 Å². The number of fused-ring (bicyclic) bond motifs is 1. The highest BCUT2D eigenvalue weighted by Gasteiger charge is 2.23. The van der Waals surface area contributed by atoms with Gasteiger partial charge in [0.2, 0.25) is 0 Å². The van der Waals surface area contributed by atoms with E-state index in [0.29, 0.717) is 13.1 Å². The average molecular weight is 331 g/mol. The summed E-state index contributed by atoms with van der Waals surface area (Å²) in [7, 11) is 3.95. The van der Waals surface area contributed by atoms with Crippen LogP contribution < -0.4 is 4.90 Å². The van der Waals surface area contributed by atoms with Gasteiger partial charge in [-0.3, -0.25) is 4.79 Å². The van der Waals surface area contributed by atoms with Crippen LogP contribution in [0.5, 0.6) is 0 Å². The molecule has 126 valence electrons. The molecule has 0 N–H and O–H groups in total. The van der Waals surface area contributed by atoms with Gasteiger partial charge in [-0.1, -0.05) is 36.4 Å². The summed E-state index contributed by atoms with van der Waals surface area (Å²) in [4.78, 5) is 16.5. The summed E-state index contributed by atoms with van der Waals surface area (Å²) < 4.78 is 0. The van der Waals surface area contributed by atoms with Crippen LogP contribution in [0, 0.1) is 11.3 Å². The molecule has 0 saturated heterocycles. The number of anilines is 1. The van der Waals surface area contributed by atoms with Gasteiger partial charge in [-0.2, -0.15) is 5.26 Å². The van der Waals surface area contributed by atoms with Gasteiger partial charge >= 0.3 is 0 Å². The fourth-order valence-electron chi connectivity index (χ4n) is 3.02. The van der Waals surface area contributed by atoms with Crippen LogP contribution in [-0.2, 0) is 17.8 Å². The molecule has 2 aromatic rings. The molecule has 2 aromatic carbocycles. The lowest BCUT2D eigenvalue weighted by atomic mass is 9.99. The van der Waals surface area contributed by atoms with Gasteiger partial charge in [-0.05, 0) is 41.3 Å². The SMILES string of the molecule is CN(C)c1ccc(/C=C(\C#N)C(=O)N2CCc3ccccc3C2)cc1. The fraction of sp³-hybridized carbons (Fsp3) is 0.238. The molecule has 1 amide bonds. The molecule has 0 radical (unpaired) electrons. The Balaban J connectivity index is 1.79. The van der Waals surface area contributed by atoms with Gasteiger partial charge in [0, 0.05) is 32.9 Å². The van der Waals surface area contributed by atoms with Crippen molar-refractivity contribution in [2.45, 2.75) is 13.0 Å². The molecule has 0 aliphatic carbocycles. The molecule has 0 aromatic heterocycles. The zero-order valence-electron chi connectivity index (χ0n) is 14.6. The van der Waals surface area contributed by atoms with E-state index in [9.17, 15) is 10.1 Å². The summed E-state index contributed by atoms with van der Waals surface area (Å²) in [5.41, 5.74) is 4.56. The van der Waals surface area contributed by atoms with Crippen LogP contribution in [0.2, 0.25) is 0 Å². The van der Waals surface area contributed by atoms with Crippen LogP contribution in [0.3, 0.4) is 0 Å². The van der Waals surface area contributed by atoms with Gasteiger partial charge in [0.1, 0.15) is 11.6 Å². The topological polar surface area (TPSA) is 47.3 Å². The molecule has 0 unspecified atom stereocenters. The van der Waals surface area contributed by atoms with Crippen LogP contribution in [0.25, 0.3) is 6.08 Å². The van der Waals surface area contributed by atoms with Gasteiger partial charge in [0.15, 0.2) is 0 Å². The average Bonchev–Trinajstić information content (AvgIpc) is 2.65. The quantitative estimate of drug-likeness (QED) is 0.641. The standard InChI is InChI=1S/C21H21N3O/c1-23(2)20-9-7-16(8-10-20)13-19(14-22)21(25)24-12-11-17-5-3-4-6-18(17)15-24/h3-10,13H,11-12,15H2,1-2H3/b19-13+. The first-order valence-corrected chi connectivity index (χ1v) is 8.34. The van der Waals surface area contributed by atoms with Crippen molar-refractivity contribution >= 4 is 17.7 Å². The van der Waals surface area contributed by atoms with Gasteiger partial charge in [-0.15, -0.1) is 0 Å². The van der Waals surface area contributed by atoms with Gasteiger partial charge in [0.25, 0.3) is 5.91 Å². The lowest BCUT2D eigenvalue weighted by Crippen LogP contribution is -2.36. The third-order valence-electron chi connectivity index (χ3n) is 4.49. The number of carbonyl (C=O) groups excluding carboxylic acids is 1. The number of amides is 1. The van der Waals surface area contributed by atoms with Crippen molar-refractivity contribution in [2.24, 2.45) is 0 Å². The molecule has 0 bridgehead atoms. The zero-order valence-corrected chi connectivity index (χ0v) is 14.6. The third kappa shape index (κ3) is 3.72. The Bertz CT molecular complexity index is 844. The minimum atomic E-state index is -0.200. The monoisotopic (exact) mass is 331 g/mol. The number of nitrogens with zero attached hydrogens (tertiary/aromatic N) is 3. The van der Waals surface area contributed by atoms with E-state index in [1.165, 1.54) is 5.56 Å². The predicted octanol–water partition coefficient (Wildman–Crippen LogP) is 3.24. The van der Waals surface area contributed by atoms with Crippen LogP contribution in [0.1, 0.15) is 16.7 Å². The van der Waals surface area contributed by atoms with Crippen molar-refractivity contribution in [3.8, 4) is 6.07 Å². The third-order valence-corrected chi connectivity index (χ3v) is 4.49. The molecule has 0 fully saturated rings.